The SMILES string of the molecule is O=C(Nc1ccc(N2CCCC2)c(C(=O)N2CCCC2)c1)C(Cl)Cl. The fraction of sp³-hybridized carbons (Fsp3) is 0.529. The lowest BCUT2D eigenvalue weighted by atomic mass is 10.1. The first kappa shape index (κ1) is 17.4. The average molecular weight is 370 g/mol. The standard InChI is InChI=1S/C17H21Cl2N3O2/c18-15(19)16(23)20-12-5-6-14(21-7-1-2-8-21)13(11-12)17(24)22-9-3-4-10-22/h5-6,11,15H,1-4,7-10H2,(H,20,23). The number of nitrogens with one attached hydrogen (secondary N) is 1. The minimum Gasteiger partial charge on any atom is -0.371 e. The maximum atomic E-state index is 12.9. The highest BCUT2D eigenvalue weighted by molar-refractivity contribution is 6.54. The topological polar surface area (TPSA) is 52.7 Å². The number of halogens is 2. The van der Waals surface area contributed by atoms with Gasteiger partial charge in [-0.3, -0.25) is 9.59 Å². The van der Waals surface area contributed by atoms with Crippen molar-refractivity contribution in [2.45, 2.75) is 30.5 Å². The molecule has 2 amide bonds. The summed E-state index contributed by atoms with van der Waals surface area (Å²) in [6.45, 7) is 3.50. The molecule has 0 aromatic heterocycles. The quantitative estimate of drug-likeness (QED) is 0.828. The van der Waals surface area contributed by atoms with Gasteiger partial charge in [0, 0.05) is 37.6 Å². The van der Waals surface area contributed by atoms with E-state index < -0.39 is 10.7 Å². The molecule has 130 valence electrons. The van der Waals surface area contributed by atoms with E-state index in [9.17, 15) is 9.59 Å². The van der Waals surface area contributed by atoms with Gasteiger partial charge in [0.15, 0.2) is 4.84 Å². The number of nitrogens with zero attached hydrogens (tertiary/aromatic N) is 2. The molecular formula is C17H21Cl2N3O2. The van der Waals surface area contributed by atoms with Crippen LogP contribution in [0.1, 0.15) is 36.0 Å². The lowest BCUT2D eigenvalue weighted by molar-refractivity contribution is -0.114. The third-order valence-corrected chi connectivity index (χ3v) is 4.93. The summed E-state index contributed by atoms with van der Waals surface area (Å²) in [6.07, 6.45) is 4.36. The molecule has 1 N–H and O–H groups in total. The molecule has 24 heavy (non-hydrogen) atoms. The number of hydrogen-bond donors (Lipinski definition) is 1. The summed E-state index contributed by atoms with van der Waals surface area (Å²) in [5, 5.41) is 2.65. The molecular weight excluding hydrogens is 349 g/mol. The van der Waals surface area contributed by atoms with Crippen LogP contribution in [0.2, 0.25) is 0 Å². The van der Waals surface area contributed by atoms with Gasteiger partial charge in [-0.2, -0.15) is 0 Å². The monoisotopic (exact) mass is 369 g/mol. The minimum atomic E-state index is -1.14. The van der Waals surface area contributed by atoms with Crippen molar-refractivity contribution in [1.29, 1.82) is 0 Å². The van der Waals surface area contributed by atoms with Crippen molar-refractivity contribution in [1.82, 2.24) is 4.90 Å². The van der Waals surface area contributed by atoms with Crippen LogP contribution in [0.5, 0.6) is 0 Å². The zero-order valence-electron chi connectivity index (χ0n) is 13.4. The first-order valence-corrected chi connectivity index (χ1v) is 9.21. The number of alkyl halides is 2. The van der Waals surface area contributed by atoms with Crippen LogP contribution in [0, 0.1) is 0 Å². The Morgan fingerprint density at radius 3 is 2.25 bits per heavy atom. The summed E-state index contributed by atoms with van der Waals surface area (Å²) >= 11 is 11.2. The molecule has 0 aliphatic carbocycles. The molecule has 2 heterocycles. The predicted octanol–water partition coefficient (Wildman–Crippen LogP) is 3.27. The number of benzene rings is 1. The van der Waals surface area contributed by atoms with Gasteiger partial charge in [0.25, 0.3) is 11.8 Å². The number of rotatable bonds is 4. The molecule has 2 fully saturated rings. The number of carbonyl (C=O) groups is 2. The summed E-state index contributed by atoms with van der Waals surface area (Å²) in [5.41, 5.74) is 2.12. The van der Waals surface area contributed by atoms with Crippen molar-refractivity contribution in [3.05, 3.63) is 23.8 Å². The number of anilines is 2. The Morgan fingerprint density at radius 1 is 1.00 bits per heavy atom. The minimum absolute atomic E-state index is 0.0267. The van der Waals surface area contributed by atoms with E-state index in [1.807, 2.05) is 11.0 Å². The van der Waals surface area contributed by atoms with Gasteiger partial charge in [-0.1, -0.05) is 23.2 Å². The second-order valence-corrected chi connectivity index (χ2v) is 7.31. The first-order chi connectivity index (χ1) is 11.6. The molecule has 7 heteroatoms. The van der Waals surface area contributed by atoms with E-state index in [1.54, 1.807) is 12.1 Å². The van der Waals surface area contributed by atoms with E-state index in [0.29, 0.717) is 11.3 Å². The Hall–Kier alpha value is -1.46. The first-order valence-electron chi connectivity index (χ1n) is 8.33. The van der Waals surface area contributed by atoms with Crippen molar-refractivity contribution in [2.24, 2.45) is 0 Å². The Bertz CT molecular complexity index is 624. The van der Waals surface area contributed by atoms with Crippen molar-refractivity contribution < 1.29 is 9.59 Å². The summed E-state index contributed by atoms with van der Waals surface area (Å²) < 4.78 is 0. The van der Waals surface area contributed by atoms with Gasteiger partial charge >= 0.3 is 0 Å². The second-order valence-electron chi connectivity index (χ2n) is 6.22. The number of hydrogen-bond acceptors (Lipinski definition) is 3. The number of carbonyl (C=O) groups excluding carboxylic acids is 2. The normalized spacial score (nSPS) is 17.6. The van der Waals surface area contributed by atoms with Gasteiger partial charge in [0.1, 0.15) is 0 Å². The van der Waals surface area contributed by atoms with Crippen LogP contribution in [0.3, 0.4) is 0 Å². The highest BCUT2D eigenvalue weighted by atomic mass is 35.5. The van der Waals surface area contributed by atoms with E-state index in [4.69, 9.17) is 23.2 Å². The second kappa shape index (κ2) is 7.62. The molecule has 5 nitrogen and oxygen atoms in total. The van der Waals surface area contributed by atoms with Crippen LogP contribution in [0.15, 0.2) is 18.2 Å². The van der Waals surface area contributed by atoms with Crippen molar-refractivity contribution in [3.8, 4) is 0 Å². The van der Waals surface area contributed by atoms with Gasteiger partial charge in [-0.05, 0) is 43.9 Å². The van der Waals surface area contributed by atoms with Crippen LogP contribution in [-0.4, -0.2) is 47.7 Å². The highest BCUT2D eigenvalue weighted by Gasteiger charge is 2.26. The largest absolute Gasteiger partial charge is 0.371 e. The molecule has 2 saturated heterocycles. The van der Waals surface area contributed by atoms with Gasteiger partial charge in [-0.15, -0.1) is 0 Å². The van der Waals surface area contributed by atoms with Gasteiger partial charge in [0.05, 0.1) is 5.56 Å². The third-order valence-electron chi connectivity index (χ3n) is 4.53. The molecule has 0 unspecified atom stereocenters. The fourth-order valence-electron chi connectivity index (χ4n) is 3.31. The number of likely N-dealkylation sites (tertiary alicyclic amines) is 1. The molecule has 1 aromatic rings. The van der Waals surface area contributed by atoms with Crippen molar-refractivity contribution in [3.63, 3.8) is 0 Å². The Balaban J connectivity index is 1.90. The molecule has 2 aliphatic rings. The van der Waals surface area contributed by atoms with Gasteiger partial charge < -0.3 is 15.1 Å². The number of amides is 2. The molecule has 0 radical (unpaired) electrons. The fourth-order valence-corrected chi connectivity index (χ4v) is 3.42. The summed E-state index contributed by atoms with van der Waals surface area (Å²) in [7, 11) is 0. The zero-order chi connectivity index (χ0) is 17.1. The van der Waals surface area contributed by atoms with Crippen LogP contribution in [0.4, 0.5) is 11.4 Å². The molecule has 3 rings (SSSR count). The van der Waals surface area contributed by atoms with Crippen LogP contribution in [0.25, 0.3) is 0 Å². The van der Waals surface area contributed by atoms with Crippen LogP contribution >= 0.6 is 23.2 Å². The molecule has 0 saturated carbocycles. The Kier molecular flexibility index (Phi) is 5.51. The zero-order valence-corrected chi connectivity index (χ0v) is 14.9. The third kappa shape index (κ3) is 3.78. The predicted molar refractivity (Wildman–Crippen MR) is 97.2 cm³/mol. The van der Waals surface area contributed by atoms with Crippen molar-refractivity contribution >= 4 is 46.4 Å². The van der Waals surface area contributed by atoms with E-state index >= 15 is 0 Å². The highest BCUT2D eigenvalue weighted by Crippen LogP contribution is 2.29. The van der Waals surface area contributed by atoms with E-state index in [-0.39, 0.29) is 5.91 Å². The average Bonchev–Trinajstić information content (AvgIpc) is 3.27. The Labute approximate surface area is 151 Å². The maximum Gasteiger partial charge on any atom is 0.257 e. The lowest BCUT2D eigenvalue weighted by Crippen LogP contribution is -2.30. The lowest BCUT2D eigenvalue weighted by Gasteiger charge is -2.24. The summed E-state index contributed by atoms with van der Waals surface area (Å²) in [5.74, 6) is -0.467. The smallest absolute Gasteiger partial charge is 0.257 e. The summed E-state index contributed by atoms with van der Waals surface area (Å²) in [6, 6.07) is 5.44. The van der Waals surface area contributed by atoms with E-state index in [0.717, 1.165) is 57.5 Å². The molecule has 0 spiro atoms. The van der Waals surface area contributed by atoms with Crippen LogP contribution in [-0.2, 0) is 4.79 Å². The van der Waals surface area contributed by atoms with E-state index in [2.05, 4.69) is 10.2 Å². The molecule has 2 aliphatic heterocycles. The maximum absolute atomic E-state index is 12.9. The van der Waals surface area contributed by atoms with E-state index in [1.165, 1.54) is 0 Å². The molecule has 0 bridgehead atoms. The van der Waals surface area contributed by atoms with Crippen molar-refractivity contribution in [2.75, 3.05) is 36.4 Å². The molecule has 1 aromatic carbocycles. The van der Waals surface area contributed by atoms with Gasteiger partial charge in [-0.25, -0.2) is 0 Å². The molecule has 0 atom stereocenters. The Morgan fingerprint density at radius 2 is 1.62 bits per heavy atom. The van der Waals surface area contributed by atoms with Crippen LogP contribution < -0.4 is 10.2 Å². The van der Waals surface area contributed by atoms with Gasteiger partial charge in [0.2, 0.25) is 0 Å². The summed E-state index contributed by atoms with van der Waals surface area (Å²) in [4.78, 5) is 27.6.